The second-order valence-electron chi connectivity index (χ2n) is 3.30. The Hall–Kier alpha value is -1.56. The smallest absolute Gasteiger partial charge is 0.339 e. The van der Waals surface area contributed by atoms with E-state index in [1.54, 1.807) is 0 Å². The molecule has 0 unspecified atom stereocenters. The molecule has 0 aliphatic rings. The first-order chi connectivity index (χ1) is 7.89. The number of nitrogens with zero attached hydrogens (tertiary/aromatic N) is 2. The molecule has 0 aliphatic heterocycles. The summed E-state index contributed by atoms with van der Waals surface area (Å²) in [5.41, 5.74) is -1.15. The standard InChI is InChI=1S/C10H6ClF3N2O/c1-5-15-9(16-17-5)8-6(10(12,13)14)3-2-4-7(8)11/h2-4H,1H3. The Kier molecular flexibility index (Phi) is 2.82. The Morgan fingerprint density at radius 3 is 2.53 bits per heavy atom. The van der Waals surface area contributed by atoms with Crippen molar-refractivity contribution in [3.05, 3.63) is 34.7 Å². The molecular weight excluding hydrogens is 257 g/mol. The molecule has 0 N–H and O–H groups in total. The second kappa shape index (κ2) is 4.03. The van der Waals surface area contributed by atoms with E-state index >= 15 is 0 Å². The Balaban J connectivity index is 2.67. The Labute approximate surface area is 99.2 Å². The number of aryl methyl sites for hydroxylation is 1. The third-order valence-corrected chi connectivity index (χ3v) is 2.39. The lowest BCUT2D eigenvalue weighted by atomic mass is 10.1. The van der Waals surface area contributed by atoms with E-state index in [1.807, 2.05) is 0 Å². The first-order valence-corrected chi connectivity index (χ1v) is 4.94. The van der Waals surface area contributed by atoms with Gasteiger partial charge in [0.1, 0.15) is 0 Å². The molecule has 0 amide bonds. The monoisotopic (exact) mass is 262 g/mol. The van der Waals surface area contributed by atoms with Crippen molar-refractivity contribution in [2.45, 2.75) is 13.1 Å². The molecule has 0 radical (unpaired) electrons. The molecule has 1 aromatic carbocycles. The van der Waals surface area contributed by atoms with Crippen LogP contribution in [-0.4, -0.2) is 10.1 Å². The highest BCUT2D eigenvalue weighted by Gasteiger charge is 2.35. The summed E-state index contributed by atoms with van der Waals surface area (Å²) in [6.45, 7) is 1.49. The lowest BCUT2D eigenvalue weighted by Gasteiger charge is -2.11. The number of hydrogen-bond acceptors (Lipinski definition) is 3. The Morgan fingerprint density at radius 1 is 1.29 bits per heavy atom. The summed E-state index contributed by atoms with van der Waals surface area (Å²) in [4.78, 5) is 3.75. The van der Waals surface area contributed by atoms with Gasteiger partial charge in [0.05, 0.1) is 16.1 Å². The van der Waals surface area contributed by atoms with Gasteiger partial charge in [-0.25, -0.2) is 0 Å². The minimum atomic E-state index is -4.52. The van der Waals surface area contributed by atoms with Crippen molar-refractivity contribution in [1.29, 1.82) is 0 Å². The van der Waals surface area contributed by atoms with Crippen LogP contribution >= 0.6 is 11.6 Å². The molecule has 0 bridgehead atoms. The van der Waals surface area contributed by atoms with Gasteiger partial charge in [0, 0.05) is 6.92 Å². The van der Waals surface area contributed by atoms with E-state index in [0.29, 0.717) is 0 Å². The zero-order valence-electron chi connectivity index (χ0n) is 8.55. The van der Waals surface area contributed by atoms with Gasteiger partial charge in [-0.1, -0.05) is 22.8 Å². The molecule has 0 saturated heterocycles. The highest BCUT2D eigenvalue weighted by Crippen LogP contribution is 2.39. The lowest BCUT2D eigenvalue weighted by molar-refractivity contribution is -0.137. The van der Waals surface area contributed by atoms with Crippen molar-refractivity contribution in [2.75, 3.05) is 0 Å². The van der Waals surface area contributed by atoms with Crippen molar-refractivity contribution in [2.24, 2.45) is 0 Å². The molecule has 0 fully saturated rings. The van der Waals surface area contributed by atoms with Crippen molar-refractivity contribution < 1.29 is 17.7 Å². The maximum atomic E-state index is 12.8. The molecule has 7 heteroatoms. The zero-order valence-corrected chi connectivity index (χ0v) is 9.30. The molecular formula is C10H6ClF3N2O. The number of halogens is 4. The fourth-order valence-corrected chi connectivity index (χ4v) is 1.65. The van der Waals surface area contributed by atoms with Crippen molar-refractivity contribution >= 4 is 11.6 Å². The van der Waals surface area contributed by atoms with Crippen LogP contribution in [0, 0.1) is 6.92 Å². The van der Waals surface area contributed by atoms with E-state index < -0.39 is 11.7 Å². The number of rotatable bonds is 1. The van der Waals surface area contributed by atoms with Gasteiger partial charge in [-0.3, -0.25) is 0 Å². The molecule has 17 heavy (non-hydrogen) atoms. The van der Waals surface area contributed by atoms with Crippen molar-refractivity contribution in [3.63, 3.8) is 0 Å². The fourth-order valence-electron chi connectivity index (χ4n) is 1.39. The summed E-state index contributed by atoms with van der Waals surface area (Å²) in [5, 5.41) is 3.38. The van der Waals surface area contributed by atoms with Crippen LogP contribution in [0.5, 0.6) is 0 Å². The molecule has 0 spiro atoms. The third kappa shape index (κ3) is 2.26. The van der Waals surface area contributed by atoms with Gasteiger partial charge in [0.2, 0.25) is 11.7 Å². The predicted octanol–water partition coefficient (Wildman–Crippen LogP) is 3.72. The van der Waals surface area contributed by atoms with Crippen LogP contribution < -0.4 is 0 Å². The van der Waals surface area contributed by atoms with E-state index in [1.165, 1.54) is 19.1 Å². The molecule has 90 valence electrons. The number of hydrogen-bond donors (Lipinski definition) is 0. The number of alkyl halides is 3. The molecule has 0 aliphatic carbocycles. The predicted molar refractivity (Wildman–Crippen MR) is 54.5 cm³/mol. The highest BCUT2D eigenvalue weighted by molar-refractivity contribution is 6.33. The van der Waals surface area contributed by atoms with Gasteiger partial charge in [-0.05, 0) is 12.1 Å². The zero-order chi connectivity index (χ0) is 12.6. The maximum absolute atomic E-state index is 12.8. The summed E-state index contributed by atoms with van der Waals surface area (Å²) in [6, 6.07) is 3.49. The highest BCUT2D eigenvalue weighted by atomic mass is 35.5. The average molecular weight is 263 g/mol. The SMILES string of the molecule is Cc1nc(-c2c(Cl)cccc2C(F)(F)F)no1. The summed E-state index contributed by atoms with van der Waals surface area (Å²) in [7, 11) is 0. The van der Waals surface area contributed by atoms with Gasteiger partial charge in [-0.2, -0.15) is 18.2 Å². The summed E-state index contributed by atoms with van der Waals surface area (Å²) >= 11 is 5.76. The van der Waals surface area contributed by atoms with Gasteiger partial charge < -0.3 is 4.52 Å². The quantitative estimate of drug-likeness (QED) is 0.786. The molecule has 2 aromatic rings. The number of aromatic nitrogens is 2. The van der Waals surface area contributed by atoms with Crippen LogP contribution in [0.4, 0.5) is 13.2 Å². The normalized spacial score (nSPS) is 11.8. The van der Waals surface area contributed by atoms with Crippen LogP contribution in [0.15, 0.2) is 22.7 Å². The van der Waals surface area contributed by atoms with Gasteiger partial charge in [0.15, 0.2) is 0 Å². The average Bonchev–Trinajstić information content (AvgIpc) is 2.63. The summed E-state index contributed by atoms with van der Waals surface area (Å²) in [5.74, 6) is 0.00784. The van der Waals surface area contributed by atoms with E-state index in [0.717, 1.165) is 6.07 Å². The largest absolute Gasteiger partial charge is 0.417 e. The van der Waals surface area contributed by atoms with Crippen LogP contribution in [0.1, 0.15) is 11.5 Å². The minimum absolute atomic E-state index is 0.0689. The maximum Gasteiger partial charge on any atom is 0.417 e. The fraction of sp³-hybridized carbons (Fsp3) is 0.200. The van der Waals surface area contributed by atoms with Crippen LogP contribution in [0.3, 0.4) is 0 Å². The van der Waals surface area contributed by atoms with E-state index in [-0.39, 0.29) is 22.3 Å². The molecule has 1 heterocycles. The van der Waals surface area contributed by atoms with E-state index in [2.05, 4.69) is 14.7 Å². The second-order valence-corrected chi connectivity index (χ2v) is 3.70. The third-order valence-electron chi connectivity index (χ3n) is 2.07. The summed E-state index contributed by atoms with van der Waals surface area (Å²) < 4.78 is 43.0. The molecule has 0 atom stereocenters. The summed E-state index contributed by atoms with van der Waals surface area (Å²) in [6.07, 6.45) is -4.52. The van der Waals surface area contributed by atoms with Crippen molar-refractivity contribution in [1.82, 2.24) is 10.1 Å². The van der Waals surface area contributed by atoms with Gasteiger partial charge in [0.25, 0.3) is 0 Å². The van der Waals surface area contributed by atoms with E-state index in [4.69, 9.17) is 11.6 Å². The van der Waals surface area contributed by atoms with E-state index in [9.17, 15) is 13.2 Å². The first kappa shape index (κ1) is 11.9. The molecule has 0 saturated carbocycles. The van der Waals surface area contributed by atoms with Crippen LogP contribution in [0.2, 0.25) is 5.02 Å². The van der Waals surface area contributed by atoms with Crippen LogP contribution in [-0.2, 0) is 6.18 Å². The number of benzene rings is 1. The van der Waals surface area contributed by atoms with Gasteiger partial charge in [-0.15, -0.1) is 0 Å². The first-order valence-electron chi connectivity index (χ1n) is 4.56. The molecule has 3 nitrogen and oxygen atoms in total. The minimum Gasteiger partial charge on any atom is -0.339 e. The van der Waals surface area contributed by atoms with Crippen molar-refractivity contribution in [3.8, 4) is 11.4 Å². The Bertz CT molecular complexity index is 551. The van der Waals surface area contributed by atoms with Crippen LogP contribution in [0.25, 0.3) is 11.4 Å². The molecule has 2 rings (SSSR count). The molecule has 1 aromatic heterocycles. The topological polar surface area (TPSA) is 38.9 Å². The van der Waals surface area contributed by atoms with Gasteiger partial charge >= 0.3 is 6.18 Å². The lowest BCUT2D eigenvalue weighted by Crippen LogP contribution is -2.07. The Morgan fingerprint density at radius 2 is 2.00 bits per heavy atom.